The fraction of sp³-hybridized carbons (Fsp3) is 0. The van der Waals surface area contributed by atoms with Crippen LogP contribution in [0.15, 0.2) is 54.9 Å². The van der Waals surface area contributed by atoms with Crippen LogP contribution in [0.1, 0.15) is 5.56 Å². The standard InChI is InChI=1S/C16H10N4S/c17-8-11-6-13(10-18-9-11)14-7-15(21)20-16(19-14)12-4-2-1-3-5-12/h1-7,9-10H,(H,19,20,21). The highest BCUT2D eigenvalue weighted by Crippen LogP contribution is 2.21. The Morgan fingerprint density at radius 2 is 1.86 bits per heavy atom. The summed E-state index contributed by atoms with van der Waals surface area (Å²) in [5.41, 5.74) is 3.05. The number of pyridine rings is 1. The Labute approximate surface area is 126 Å². The molecule has 0 aliphatic rings. The molecule has 0 unspecified atom stereocenters. The normalized spacial score (nSPS) is 10.0. The van der Waals surface area contributed by atoms with E-state index in [0.717, 1.165) is 16.8 Å². The third-order valence-electron chi connectivity index (χ3n) is 2.97. The van der Waals surface area contributed by atoms with Gasteiger partial charge in [0.25, 0.3) is 0 Å². The molecule has 0 saturated carbocycles. The van der Waals surface area contributed by atoms with Gasteiger partial charge in [0, 0.05) is 23.5 Å². The summed E-state index contributed by atoms with van der Waals surface area (Å²) >= 11 is 5.23. The van der Waals surface area contributed by atoms with Crippen LogP contribution in [-0.4, -0.2) is 15.0 Å². The van der Waals surface area contributed by atoms with E-state index in [1.165, 1.54) is 6.20 Å². The third-order valence-corrected chi connectivity index (χ3v) is 3.18. The minimum absolute atomic E-state index is 0.491. The number of H-pyrrole nitrogens is 1. The molecule has 0 spiro atoms. The predicted molar refractivity (Wildman–Crippen MR) is 82.8 cm³/mol. The van der Waals surface area contributed by atoms with Crippen molar-refractivity contribution >= 4 is 12.2 Å². The Morgan fingerprint density at radius 1 is 1.05 bits per heavy atom. The number of benzene rings is 1. The molecule has 0 fully saturated rings. The molecule has 0 aliphatic heterocycles. The number of aromatic amines is 1. The second kappa shape index (κ2) is 5.65. The monoisotopic (exact) mass is 290 g/mol. The van der Waals surface area contributed by atoms with E-state index in [9.17, 15) is 0 Å². The fourth-order valence-electron chi connectivity index (χ4n) is 1.99. The largest absolute Gasteiger partial charge is 0.339 e. The van der Waals surface area contributed by atoms with Crippen molar-refractivity contribution in [3.8, 4) is 28.7 Å². The van der Waals surface area contributed by atoms with Gasteiger partial charge in [-0.15, -0.1) is 0 Å². The molecule has 21 heavy (non-hydrogen) atoms. The summed E-state index contributed by atoms with van der Waals surface area (Å²) in [6.45, 7) is 0. The first-order valence-electron chi connectivity index (χ1n) is 6.28. The SMILES string of the molecule is N#Cc1cncc(-c2cc(=S)nc(-c3ccccc3)[nH]2)c1. The summed E-state index contributed by atoms with van der Waals surface area (Å²) in [6.07, 6.45) is 3.22. The van der Waals surface area contributed by atoms with Crippen LogP contribution in [0.4, 0.5) is 0 Å². The Balaban J connectivity index is 2.14. The maximum absolute atomic E-state index is 8.96. The predicted octanol–water partition coefficient (Wildman–Crippen LogP) is 3.74. The minimum Gasteiger partial charge on any atom is -0.339 e. The lowest BCUT2D eigenvalue weighted by atomic mass is 10.1. The highest BCUT2D eigenvalue weighted by molar-refractivity contribution is 7.71. The second-order valence-electron chi connectivity index (χ2n) is 4.42. The van der Waals surface area contributed by atoms with Gasteiger partial charge in [0.1, 0.15) is 16.5 Å². The average molecular weight is 290 g/mol. The Morgan fingerprint density at radius 3 is 2.62 bits per heavy atom. The number of nitrogens with one attached hydrogen (secondary N) is 1. The van der Waals surface area contributed by atoms with Crippen LogP contribution in [0, 0.1) is 16.0 Å². The molecule has 2 aromatic heterocycles. The fourth-order valence-corrected chi connectivity index (χ4v) is 2.20. The molecule has 0 radical (unpaired) electrons. The number of nitrogens with zero attached hydrogens (tertiary/aromatic N) is 3. The molecule has 100 valence electrons. The van der Waals surface area contributed by atoms with E-state index < -0.39 is 0 Å². The van der Waals surface area contributed by atoms with Crippen LogP contribution in [0.2, 0.25) is 0 Å². The first kappa shape index (κ1) is 13.2. The first-order chi connectivity index (χ1) is 10.3. The number of aromatic nitrogens is 3. The molecule has 0 bridgehead atoms. The zero-order valence-electron chi connectivity index (χ0n) is 10.9. The van der Waals surface area contributed by atoms with E-state index in [2.05, 4.69) is 21.0 Å². The molecular weight excluding hydrogens is 280 g/mol. The first-order valence-corrected chi connectivity index (χ1v) is 6.69. The minimum atomic E-state index is 0.491. The number of hydrogen-bond acceptors (Lipinski definition) is 4. The maximum atomic E-state index is 8.96. The Kier molecular flexibility index (Phi) is 3.54. The summed E-state index contributed by atoms with van der Waals surface area (Å²) in [7, 11) is 0. The molecule has 4 nitrogen and oxygen atoms in total. The maximum Gasteiger partial charge on any atom is 0.139 e. The van der Waals surface area contributed by atoms with Crippen LogP contribution in [0.5, 0.6) is 0 Å². The van der Waals surface area contributed by atoms with Crippen molar-refractivity contribution in [3.63, 3.8) is 0 Å². The van der Waals surface area contributed by atoms with Gasteiger partial charge in [0.15, 0.2) is 0 Å². The van der Waals surface area contributed by atoms with Gasteiger partial charge in [-0.25, -0.2) is 4.98 Å². The van der Waals surface area contributed by atoms with E-state index >= 15 is 0 Å². The van der Waals surface area contributed by atoms with Crippen LogP contribution in [0.25, 0.3) is 22.6 Å². The van der Waals surface area contributed by atoms with Crippen molar-refractivity contribution in [2.45, 2.75) is 0 Å². The third kappa shape index (κ3) is 2.86. The zero-order valence-corrected chi connectivity index (χ0v) is 11.8. The van der Waals surface area contributed by atoms with Gasteiger partial charge in [0.2, 0.25) is 0 Å². The molecule has 0 aliphatic carbocycles. The summed E-state index contributed by atoms with van der Waals surface area (Å²) in [5, 5.41) is 8.96. The number of hydrogen-bond donors (Lipinski definition) is 1. The van der Waals surface area contributed by atoms with Crippen molar-refractivity contribution in [3.05, 3.63) is 65.1 Å². The number of rotatable bonds is 2. The van der Waals surface area contributed by atoms with Gasteiger partial charge >= 0.3 is 0 Å². The van der Waals surface area contributed by atoms with Crippen molar-refractivity contribution in [2.75, 3.05) is 0 Å². The molecule has 3 rings (SSSR count). The summed E-state index contributed by atoms with van der Waals surface area (Å²) in [6, 6.07) is 15.4. The molecule has 2 heterocycles. The van der Waals surface area contributed by atoms with Gasteiger partial charge < -0.3 is 4.98 Å². The van der Waals surface area contributed by atoms with E-state index in [1.54, 1.807) is 18.3 Å². The van der Waals surface area contributed by atoms with Gasteiger partial charge in [0.05, 0.1) is 11.3 Å². The van der Waals surface area contributed by atoms with Crippen LogP contribution in [0.3, 0.4) is 0 Å². The molecule has 5 heteroatoms. The molecule has 0 saturated heterocycles. The average Bonchev–Trinajstić information content (AvgIpc) is 2.55. The highest BCUT2D eigenvalue weighted by Gasteiger charge is 2.05. The van der Waals surface area contributed by atoms with Crippen molar-refractivity contribution in [1.82, 2.24) is 15.0 Å². The van der Waals surface area contributed by atoms with Crippen molar-refractivity contribution < 1.29 is 0 Å². The smallest absolute Gasteiger partial charge is 0.139 e. The lowest BCUT2D eigenvalue weighted by Gasteiger charge is -2.06. The van der Waals surface area contributed by atoms with Crippen LogP contribution < -0.4 is 0 Å². The van der Waals surface area contributed by atoms with Crippen LogP contribution in [-0.2, 0) is 0 Å². The molecule has 1 aromatic carbocycles. The molecule has 1 N–H and O–H groups in total. The summed E-state index contributed by atoms with van der Waals surface area (Å²) < 4.78 is 0.491. The Hall–Kier alpha value is -2.84. The van der Waals surface area contributed by atoms with Gasteiger partial charge in [-0.3, -0.25) is 4.98 Å². The van der Waals surface area contributed by atoms with Gasteiger partial charge in [-0.05, 0) is 12.1 Å². The molecular formula is C16H10N4S. The summed E-state index contributed by atoms with van der Waals surface area (Å²) in [5.74, 6) is 0.695. The topological polar surface area (TPSA) is 65.4 Å². The quantitative estimate of drug-likeness (QED) is 0.730. The highest BCUT2D eigenvalue weighted by atomic mass is 32.1. The van der Waals surface area contributed by atoms with Crippen molar-refractivity contribution in [2.24, 2.45) is 0 Å². The molecule has 0 atom stereocenters. The van der Waals surface area contributed by atoms with E-state index in [-0.39, 0.29) is 0 Å². The molecule has 3 aromatic rings. The van der Waals surface area contributed by atoms with E-state index in [1.807, 2.05) is 30.3 Å². The Bertz CT molecular complexity index is 879. The van der Waals surface area contributed by atoms with Crippen molar-refractivity contribution in [1.29, 1.82) is 5.26 Å². The van der Waals surface area contributed by atoms with Gasteiger partial charge in [-0.1, -0.05) is 42.5 Å². The lowest BCUT2D eigenvalue weighted by molar-refractivity contribution is 1.16. The molecule has 0 amide bonds. The second-order valence-corrected chi connectivity index (χ2v) is 4.84. The van der Waals surface area contributed by atoms with E-state index in [0.29, 0.717) is 16.0 Å². The zero-order chi connectivity index (χ0) is 14.7. The lowest BCUT2D eigenvalue weighted by Crippen LogP contribution is -1.93. The summed E-state index contributed by atoms with van der Waals surface area (Å²) in [4.78, 5) is 11.7. The van der Waals surface area contributed by atoms with Crippen LogP contribution >= 0.6 is 12.2 Å². The van der Waals surface area contributed by atoms with E-state index in [4.69, 9.17) is 17.5 Å². The van der Waals surface area contributed by atoms with Gasteiger partial charge in [-0.2, -0.15) is 5.26 Å². The number of nitriles is 1.